The highest BCUT2D eigenvalue weighted by molar-refractivity contribution is 6.05. The molecule has 0 aliphatic heterocycles. The number of hydrogen-bond acceptors (Lipinski definition) is 1. The van der Waals surface area contributed by atoms with E-state index in [2.05, 4.69) is 29.6 Å². The first-order chi connectivity index (χ1) is 12.3. The number of fused-ring (bicyclic) bond motifs is 1. The lowest BCUT2D eigenvalue weighted by atomic mass is 9.84. The molecule has 4 rings (SSSR count). The number of carbonyl (C=O) groups excluding carboxylic acids is 1. The number of anilines is 1. The van der Waals surface area contributed by atoms with Gasteiger partial charge in [-0.2, -0.15) is 0 Å². The first-order valence-corrected chi connectivity index (χ1v) is 9.20. The fourth-order valence-electron chi connectivity index (χ4n) is 3.81. The van der Waals surface area contributed by atoms with Crippen LogP contribution in [0.5, 0.6) is 0 Å². The summed E-state index contributed by atoms with van der Waals surface area (Å²) in [6, 6.07) is 22.4. The molecule has 0 heterocycles. The van der Waals surface area contributed by atoms with Crippen molar-refractivity contribution < 1.29 is 4.79 Å². The molecule has 3 aromatic rings. The Morgan fingerprint density at radius 3 is 2.28 bits per heavy atom. The summed E-state index contributed by atoms with van der Waals surface area (Å²) in [5.74, 6) is 0.622. The van der Waals surface area contributed by atoms with E-state index in [1.165, 1.54) is 43.1 Å². The Kier molecular flexibility index (Phi) is 4.51. The van der Waals surface area contributed by atoms with E-state index >= 15 is 0 Å². The van der Waals surface area contributed by atoms with Gasteiger partial charge in [0, 0.05) is 11.3 Å². The number of benzene rings is 3. The number of hydrogen-bond donors (Lipinski definition) is 1. The van der Waals surface area contributed by atoms with E-state index < -0.39 is 0 Å². The minimum Gasteiger partial charge on any atom is -0.322 e. The summed E-state index contributed by atoms with van der Waals surface area (Å²) in [4.78, 5) is 12.5. The molecule has 2 nitrogen and oxygen atoms in total. The minimum atomic E-state index is -0.0505. The predicted molar refractivity (Wildman–Crippen MR) is 104 cm³/mol. The molecule has 1 aliphatic rings. The third kappa shape index (κ3) is 3.58. The van der Waals surface area contributed by atoms with Crippen LogP contribution < -0.4 is 5.32 Å². The van der Waals surface area contributed by atoms with Crippen molar-refractivity contribution in [2.45, 2.75) is 38.0 Å². The second-order valence-corrected chi connectivity index (χ2v) is 6.97. The first kappa shape index (κ1) is 15.9. The molecule has 1 saturated carbocycles. The van der Waals surface area contributed by atoms with Crippen molar-refractivity contribution in [1.82, 2.24) is 0 Å². The molecule has 1 fully saturated rings. The molecule has 0 atom stereocenters. The zero-order valence-corrected chi connectivity index (χ0v) is 14.4. The van der Waals surface area contributed by atoms with Gasteiger partial charge in [0.05, 0.1) is 0 Å². The highest BCUT2D eigenvalue weighted by atomic mass is 16.1. The molecule has 2 heteroatoms. The topological polar surface area (TPSA) is 29.1 Å². The fourth-order valence-corrected chi connectivity index (χ4v) is 3.81. The summed E-state index contributed by atoms with van der Waals surface area (Å²) in [5.41, 5.74) is 2.93. The van der Waals surface area contributed by atoms with Crippen molar-refractivity contribution in [2.24, 2.45) is 0 Å². The molecule has 1 N–H and O–H groups in total. The lowest BCUT2D eigenvalue weighted by Gasteiger charge is -2.22. The molecule has 0 spiro atoms. The normalized spacial score (nSPS) is 15.2. The van der Waals surface area contributed by atoms with E-state index in [-0.39, 0.29) is 5.91 Å². The van der Waals surface area contributed by atoms with Crippen molar-refractivity contribution in [2.75, 3.05) is 5.32 Å². The van der Waals surface area contributed by atoms with Crippen molar-refractivity contribution in [1.29, 1.82) is 0 Å². The Morgan fingerprint density at radius 2 is 1.52 bits per heavy atom. The van der Waals surface area contributed by atoms with E-state index in [1.807, 2.05) is 42.5 Å². The average Bonchev–Trinajstić information content (AvgIpc) is 2.69. The number of amides is 1. The van der Waals surface area contributed by atoms with Gasteiger partial charge in [-0.15, -0.1) is 0 Å². The summed E-state index contributed by atoms with van der Waals surface area (Å²) in [5, 5.41) is 5.32. The van der Waals surface area contributed by atoms with Crippen LogP contribution in [-0.2, 0) is 0 Å². The van der Waals surface area contributed by atoms with Crippen LogP contribution in [-0.4, -0.2) is 5.91 Å². The maximum Gasteiger partial charge on any atom is 0.255 e. The molecule has 0 saturated heterocycles. The Labute approximate surface area is 148 Å². The molecule has 0 aromatic heterocycles. The molecular formula is C23H23NO. The van der Waals surface area contributed by atoms with Gasteiger partial charge in [-0.3, -0.25) is 4.79 Å². The van der Waals surface area contributed by atoms with Crippen LogP contribution in [0.15, 0.2) is 66.7 Å². The van der Waals surface area contributed by atoms with Crippen LogP contribution in [0.1, 0.15) is 53.9 Å². The highest BCUT2D eigenvalue weighted by Crippen LogP contribution is 2.32. The smallest absolute Gasteiger partial charge is 0.255 e. The van der Waals surface area contributed by atoms with Crippen LogP contribution >= 0.6 is 0 Å². The van der Waals surface area contributed by atoms with Crippen molar-refractivity contribution >= 4 is 22.4 Å². The van der Waals surface area contributed by atoms with Gasteiger partial charge in [0.15, 0.2) is 0 Å². The zero-order valence-electron chi connectivity index (χ0n) is 14.4. The average molecular weight is 329 g/mol. The maximum atomic E-state index is 12.5. The van der Waals surface area contributed by atoms with Gasteiger partial charge in [0.1, 0.15) is 0 Å². The number of nitrogens with one attached hydrogen (secondary N) is 1. The summed E-state index contributed by atoms with van der Waals surface area (Å²) in [7, 11) is 0. The van der Waals surface area contributed by atoms with Crippen molar-refractivity contribution in [3.8, 4) is 0 Å². The summed E-state index contributed by atoms with van der Waals surface area (Å²) < 4.78 is 0. The molecular weight excluding hydrogens is 306 g/mol. The maximum absolute atomic E-state index is 12.5. The SMILES string of the molecule is O=C(Nc1ccc2ccccc2c1)c1ccc(C2CCCCC2)cc1. The molecule has 126 valence electrons. The summed E-state index contributed by atoms with van der Waals surface area (Å²) in [6.45, 7) is 0. The Bertz CT molecular complexity index is 876. The van der Waals surface area contributed by atoms with Gasteiger partial charge in [-0.05, 0) is 59.4 Å². The third-order valence-corrected chi connectivity index (χ3v) is 5.26. The fraction of sp³-hybridized carbons (Fsp3) is 0.261. The van der Waals surface area contributed by atoms with E-state index in [4.69, 9.17) is 0 Å². The molecule has 0 unspecified atom stereocenters. The molecule has 0 radical (unpaired) electrons. The predicted octanol–water partition coefficient (Wildman–Crippen LogP) is 6.14. The van der Waals surface area contributed by atoms with Gasteiger partial charge in [-0.25, -0.2) is 0 Å². The Hall–Kier alpha value is -2.61. The highest BCUT2D eigenvalue weighted by Gasteiger charge is 2.16. The number of rotatable bonds is 3. The lowest BCUT2D eigenvalue weighted by molar-refractivity contribution is 0.102. The second kappa shape index (κ2) is 7.10. The summed E-state index contributed by atoms with van der Waals surface area (Å²) in [6.07, 6.45) is 6.58. The van der Waals surface area contributed by atoms with Crippen molar-refractivity contribution in [3.63, 3.8) is 0 Å². The Morgan fingerprint density at radius 1 is 0.800 bits per heavy atom. The lowest BCUT2D eigenvalue weighted by Crippen LogP contribution is -2.12. The molecule has 1 aliphatic carbocycles. The van der Waals surface area contributed by atoms with Crippen LogP contribution in [0.4, 0.5) is 5.69 Å². The zero-order chi connectivity index (χ0) is 17.1. The minimum absolute atomic E-state index is 0.0505. The van der Waals surface area contributed by atoms with Crippen LogP contribution in [0, 0.1) is 0 Å². The van der Waals surface area contributed by atoms with E-state index in [1.54, 1.807) is 0 Å². The first-order valence-electron chi connectivity index (χ1n) is 9.20. The summed E-state index contributed by atoms with van der Waals surface area (Å²) >= 11 is 0. The largest absolute Gasteiger partial charge is 0.322 e. The van der Waals surface area contributed by atoms with Gasteiger partial charge in [-0.1, -0.05) is 61.7 Å². The van der Waals surface area contributed by atoms with Crippen molar-refractivity contribution in [3.05, 3.63) is 77.9 Å². The van der Waals surface area contributed by atoms with E-state index in [9.17, 15) is 4.79 Å². The molecule has 3 aromatic carbocycles. The third-order valence-electron chi connectivity index (χ3n) is 5.26. The second-order valence-electron chi connectivity index (χ2n) is 6.97. The van der Waals surface area contributed by atoms with Crippen LogP contribution in [0.3, 0.4) is 0 Å². The number of carbonyl (C=O) groups is 1. The van der Waals surface area contributed by atoms with E-state index in [0.717, 1.165) is 11.1 Å². The molecule has 0 bridgehead atoms. The monoisotopic (exact) mass is 329 g/mol. The van der Waals surface area contributed by atoms with Gasteiger partial charge in [0.2, 0.25) is 0 Å². The van der Waals surface area contributed by atoms with Gasteiger partial charge >= 0.3 is 0 Å². The standard InChI is InChI=1S/C23H23NO/c25-23(24-22-15-14-18-8-4-5-9-21(18)16-22)20-12-10-19(11-13-20)17-6-2-1-3-7-17/h4-5,8-17H,1-3,6-7H2,(H,24,25). The van der Waals surface area contributed by atoms with Crippen LogP contribution in [0.2, 0.25) is 0 Å². The molecule has 25 heavy (non-hydrogen) atoms. The van der Waals surface area contributed by atoms with Crippen LogP contribution in [0.25, 0.3) is 10.8 Å². The van der Waals surface area contributed by atoms with E-state index in [0.29, 0.717) is 11.5 Å². The molecule has 1 amide bonds. The van der Waals surface area contributed by atoms with Gasteiger partial charge < -0.3 is 5.32 Å². The Balaban J connectivity index is 1.48. The van der Waals surface area contributed by atoms with Gasteiger partial charge in [0.25, 0.3) is 5.91 Å². The quantitative estimate of drug-likeness (QED) is 0.614.